The summed E-state index contributed by atoms with van der Waals surface area (Å²) in [6, 6.07) is 17.3. The second kappa shape index (κ2) is 9.69. The molecule has 0 spiro atoms. The minimum Gasteiger partial charge on any atom is -0.497 e. The van der Waals surface area contributed by atoms with Gasteiger partial charge in [0.05, 0.1) is 22.2 Å². The van der Waals surface area contributed by atoms with Crippen LogP contribution >= 0.6 is 11.3 Å². The lowest BCUT2D eigenvalue weighted by Crippen LogP contribution is -2.37. The van der Waals surface area contributed by atoms with Crippen LogP contribution in [-0.4, -0.2) is 32.3 Å². The van der Waals surface area contributed by atoms with Crippen LogP contribution in [0.4, 0.5) is 10.8 Å². The Morgan fingerprint density at radius 2 is 1.89 bits per heavy atom. The molecule has 184 valence electrons. The molecule has 5 rings (SSSR count). The molecule has 0 bridgehead atoms. The summed E-state index contributed by atoms with van der Waals surface area (Å²) in [6.45, 7) is 0. The number of nitrogens with one attached hydrogen (secondary N) is 3. The van der Waals surface area contributed by atoms with Crippen molar-refractivity contribution in [1.29, 1.82) is 0 Å². The molecule has 2 heterocycles. The van der Waals surface area contributed by atoms with E-state index < -0.39 is 22.0 Å². The van der Waals surface area contributed by atoms with Gasteiger partial charge in [-0.3, -0.25) is 9.59 Å². The van der Waals surface area contributed by atoms with Crippen molar-refractivity contribution < 1.29 is 22.7 Å². The SMILES string of the molecule is COc1ccc2nc(NC(=O)C(NS(=O)(=O)c3ccc4c(c3)CCC(=O)N4)c3ccccc3)sc2c1. The van der Waals surface area contributed by atoms with Crippen LogP contribution in [0.2, 0.25) is 0 Å². The Kier molecular flexibility index (Phi) is 6.44. The van der Waals surface area contributed by atoms with Gasteiger partial charge in [0.1, 0.15) is 11.8 Å². The predicted octanol–water partition coefficient (Wildman–Crippen LogP) is 3.85. The maximum atomic E-state index is 13.3. The summed E-state index contributed by atoms with van der Waals surface area (Å²) in [4.78, 5) is 29.4. The Morgan fingerprint density at radius 3 is 2.67 bits per heavy atom. The monoisotopic (exact) mass is 522 g/mol. The molecule has 0 aliphatic carbocycles. The van der Waals surface area contributed by atoms with Crippen molar-refractivity contribution in [2.75, 3.05) is 17.7 Å². The first kappa shape index (κ1) is 23.9. The average molecular weight is 523 g/mol. The maximum absolute atomic E-state index is 13.3. The number of nitrogens with zero attached hydrogens (tertiary/aromatic N) is 1. The molecule has 36 heavy (non-hydrogen) atoms. The van der Waals surface area contributed by atoms with Gasteiger partial charge >= 0.3 is 0 Å². The number of carbonyl (C=O) groups excluding carboxylic acids is 2. The molecule has 0 saturated heterocycles. The largest absolute Gasteiger partial charge is 0.497 e. The average Bonchev–Trinajstić information content (AvgIpc) is 3.28. The molecule has 1 aliphatic heterocycles. The predicted molar refractivity (Wildman–Crippen MR) is 138 cm³/mol. The molecule has 1 atom stereocenters. The third-order valence-electron chi connectivity index (χ3n) is 5.78. The van der Waals surface area contributed by atoms with Crippen molar-refractivity contribution >= 4 is 54.2 Å². The Balaban J connectivity index is 1.43. The molecular weight excluding hydrogens is 500 g/mol. The van der Waals surface area contributed by atoms with E-state index in [0.717, 1.165) is 10.3 Å². The first-order valence-electron chi connectivity index (χ1n) is 11.1. The summed E-state index contributed by atoms with van der Waals surface area (Å²) in [5.41, 5.74) is 2.48. The summed E-state index contributed by atoms with van der Waals surface area (Å²) in [5.74, 6) is -0.00470. The fraction of sp³-hybridized carbons (Fsp3) is 0.160. The number of anilines is 2. The molecule has 0 fully saturated rings. The van der Waals surface area contributed by atoms with Gasteiger partial charge in [0, 0.05) is 12.1 Å². The van der Waals surface area contributed by atoms with Gasteiger partial charge in [-0.15, -0.1) is 0 Å². The smallest absolute Gasteiger partial charge is 0.248 e. The molecule has 9 nitrogen and oxygen atoms in total. The molecule has 3 aromatic carbocycles. The number of carbonyl (C=O) groups is 2. The fourth-order valence-electron chi connectivity index (χ4n) is 3.93. The van der Waals surface area contributed by atoms with Crippen LogP contribution in [0.5, 0.6) is 5.75 Å². The van der Waals surface area contributed by atoms with Crippen molar-refractivity contribution in [3.05, 3.63) is 77.9 Å². The number of benzene rings is 3. The molecule has 11 heteroatoms. The van der Waals surface area contributed by atoms with Crippen LogP contribution in [0.25, 0.3) is 10.2 Å². The van der Waals surface area contributed by atoms with Crippen LogP contribution in [0.1, 0.15) is 23.6 Å². The van der Waals surface area contributed by atoms with Crippen molar-refractivity contribution in [1.82, 2.24) is 9.71 Å². The number of hydrogen-bond acceptors (Lipinski definition) is 7. The van der Waals surface area contributed by atoms with Gasteiger partial charge in [-0.2, -0.15) is 4.72 Å². The van der Waals surface area contributed by atoms with Gasteiger partial charge in [-0.25, -0.2) is 13.4 Å². The lowest BCUT2D eigenvalue weighted by atomic mass is 10.0. The van der Waals surface area contributed by atoms with Gasteiger partial charge in [0.2, 0.25) is 21.8 Å². The molecule has 1 aliphatic rings. The molecule has 0 saturated carbocycles. The second-order valence-corrected chi connectivity index (χ2v) is 10.9. The van der Waals surface area contributed by atoms with Gasteiger partial charge < -0.3 is 15.4 Å². The lowest BCUT2D eigenvalue weighted by Gasteiger charge is -2.20. The normalized spacial score (nSPS) is 14.1. The molecule has 2 amide bonds. The minimum absolute atomic E-state index is 0.0122. The number of thiazole rings is 1. The second-order valence-electron chi connectivity index (χ2n) is 8.17. The number of sulfonamides is 1. The van der Waals surface area contributed by atoms with E-state index in [-0.39, 0.29) is 17.2 Å². The van der Waals surface area contributed by atoms with Crippen molar-refractivity contribution in [2.24, 2.45) is 0 Å². The number of ether oxygens (including phenoxy) is 1. The third kappa shape index (κ3) is 4.94. The lowest BCUT2D eigenvalue weighted by molar-refractivity contribution is -0.118. The third-order valence-corrected chi connectivity index (χ3v) is 8.13. The van der Waals surface area contributed by atoms with E-state index in [2.05, 4.69) is 20.3 Å². The van der Waals surface area contributed by atoms with E-state index in [1.54, 1.807) is 55.6 Å². The first-order chi connectivity index (χ1) is 17.3. The molecular formula is C25H22N4O5S2. The molecule has 4 aromatic rings. The standard InChI is InChI=1S/C25H22N4O5S2/c1-34-17-8-10-20-21(14-17)35-25(27-20)28-24(31)23(15-5-3-2-4-6-15)29-36(32,33)18-9-11-19-16(13-18)7-12-22(30)26-19/h2-6,8-11,13-14,23,29H,7,12H2,1H3,(H,26,30)(H,27,28,31). The highest BCUT2D eigenvalue weighted by Gasteiger charge is 2.29. The highest BCUT2D eigenvalue weighted by Crippen LogP contribution is 2.31. The number of amides is 2. The van der Waals surface area contributed by atoms with Gasteiger partial charge in [-0.1, -0.05) is 41.7 Å². The Labute approximate surface area is 211 Å². The van der Waals surface area contributed by atoms with Crippen molar-refractivity contribution in [2.45, 2.75) is 23.8 Å². The van der Waals surface area contributed by atoms with E-state index in [9.17, 15) is 18.0 Å². The Hall–Kier alpha value is -3.80. The van der Waals surface area contributed by atoms with E-state index in [0.29, 0.717) is 34.1 Å². The minimum atomic E-state index is -4.08. The van der Waals surface area contributed by atoms with Gasteiger partial charge in [-0.05, 0) is 53.9 Å². The summed E-state index contributed by atoms with van der Waals surface area (Å²) in [7, 11) is -2.51. The zero-order chi connectivity index (χ0) is 25.3. The molecule has 1 unspecified atom stereocenters. The highest BCUT2D eigenvalue weighted by atomic mass is 32.2. The van der Waals surface area contributed by atoms with E-state index in [1.807, 2.05) is 6.07 Å². The van der Waals surface area contributed by atoms with Crippen LogP contribution in [0.15, 0.2) is 71.6 Å². The van der Waals surface area contributed by atoms with Crippen molar-refractivity contribution in [3.8, 4) is 5.75 Å². The zero-order valence-electron chi connectivity index (χ0n) is 19.1. The van der Waals surface area contributed by atoms with Crippen LogP contribution < -0.4 is 20.1 Å². The number of hydrogen-bond donors (Lipinski definition) is 3. The van der Waals surface area contributed by atoms with E-state index in [4.69, 9.17) is 4.74 Å². The van der Waals surface area contributed by atoms with E-state index >= 15 is 0 Å². The van der Waals surface area contributed by atoms with Crippen molar-refractivity contribution in [3.63, 3.8) is 0 Å². The number of aromatic nitrogens is 1. The number of rotatable bonds is 7. The summed E-state index contributed by atoms with van der Waals surface area (Å²) in [6.07, 6.45) is 0.725. The Bertz CT molecular complexity index is 1570. The maximum Gasteiger partial charge on any atom is 0.248 e. The number of aryl methyl sites for hydroxylation is 1. The Morgan fingerprint density at radius 1 is 1.08 bits per heavy atom. The molecule has 0 radical (unpaired) electrons. The molecule has 3 N–H and O–H groups in total. The number of methoxy groups -OCH3 is 1. The quantitative estimate of drug-likeness (QED) is 0.338. The summed E-state index contributed by atoms with van der Waals surface area (Å²) >= 11 is 1.26. The van der Waals surface area contributed by atoms with Crippen LogP contribution in [0.3, 0.4) is 0 Å². The fourth-order valence-corrected chi connectivity index (χ4v) is 6.06. The van der Waals surface area contributed by atoms with Crippen LogP contribution in [0, 0.1) is 0 Å². The number of fused-ring (bicyclic) bond motifs is 2. The van der Waals surface area contributed by atoms with Crippen LogP contribution in [-0.2, 0) is 26.0 Å². The topological polar surface area (TPSA) is 126 Å². The van der Waals surface area contributed by atoms with Gasteiger partial charge in [0.25, 0.3) is 0 Å². The summed E-state index contributed by atoms with van der Waals surface area (Å²) < 4.78 is 35.3. The van der Waals surface area contributed by atoms with E-state index in [1.165, 1.54) is 23.5 Å². The van der Waals surface area contributed by atoms with Gasteiger partial charge in [0.15, 0.2) is 5.13 Å². The zero-order valence-corrected chi connectivity index (χ0v) is 20.8. The highest BCUT2D eigenvalue weighted by molar-refractivity contribution is 7.89. The summed E-state index contributed by atoms with van der Waals surface area (Å²) in [5, 5.41) is 5.83. The molecule has 1 aromatic heterocycles. The first-order valence-corrected chi connectivity index (χ1v) is 13.4.